The Morgan fingerprint density at radius 1 is 1.17 bits per heavy atom. The van der Waals surface area contributed by atoms with Crippen LogP contribution < -0.4 is 0 Å². The molecule has 6 rings (SSSR count). The van der Waals surface area contributed by atoms with Gasteiger partial charge in [-0.1, -0.05) is 30.0 Å². The van der Waals surface area contributed by atoms with Crippen molar-refractivity contribution >= 4 is 50.0 Å². The molecule has 0 unspecified atom stereocenters. The van der Waals surface area contributed by atoms with Gasteiger partial charge in [-0.15, -0.1) is 11.3 Å². The lowest BCUT2D eigenvalue weighted by molar-refractivity contribution is 0.102. The maximum Gasteiger partial charge on any atom is 0.175 e. The van der Waals surface area contributed by atoms with Crippen LogP contribution in [0.25, 0.3) is 21.1 Å². The minimum atomic E-state index is 0.149. The zero-order valence-corrected chi connectivity index (χ0v) is 17.7. The number of Topliss-reactive ketones (excluding diaryl/α,β-unsaturated/α-hetero) is 1. The van der Waals surface area contributed by atoms with Crippen LogP contribution in [0.1, 0.15) is 58.2 Å². The van der Waals surface area contributed by atoms with Crippen molar-refractivity contribution in [2.24, 2.45) is 0 Å². The summed E-state index contributed by atoms with van der Waals surface area (Å²) >= 11 is 3.45. The summed E-state index contributed by atoms with van der Waals surface area (Å²) in [6, 6.07) is 7.98. The van der Waals surface area contributed by atoms with Crippen molar-refractivity contribution < 1.29 is 4.79 Å². The summed E-state index contributed by atoms with van der Waals surface area (Å²) in [5.41, 5.74) is 3.22. The van der Waals surface area contributed by atoms with E-state index >= 15 is 0 Å². The van der Waals surface area contributed by atoms with Crippen molar-refractivity contribution in [2.45, 2.75) is 49.5 Å². The fraction of sp³-hybridized carbons (Fsp3) is 0.348. The Morgan fingerprint density at radius 2 is 2.03 bits per heavy atom. The van der Waals surface area contributed by atoms with Gasteiger partial charge in [0.25, 0.3) is 0 Å². The molecule has 0 amide bonds. The van der Waals surface area contributed by atoms with Crippen LogP contribution >= 0.6 is 23.1 Å². The van der Waals surface area contributed by atoms with E-state index in [1.165, 1.54) is 41.5 Å². The van der Waals surface area contributed by atoms with Crippen molar-refractivity contribution in [3.05, 3.63) is 52.3 Å². The zero-order valence-electron chi connectivity index (χ0n) is 16.0. The third-order valence-electron chi connectivity index (χ3n) is 5.97. The zero-order chi connectivity index (χ0) is 19.4. The normalized spacial score (nSPS) is 16.4. The fourth-order valence-electron chi connectivity index (χ4n) is 4.28. The summed E-state index contributed by atoms with van der Waals surface area (Å²) in [6.45, 7) is 0. The van der Waals surface area contributed by atoms with Gasteiger partial charge < -0.3 is 4.98 Å². The number of rotatable bonds is 5. The average molecular weight is 420 g/mol. The van der Waals surface area contributed by atoms with Crippen LogP contribution in [0.3, 0.4) is 0 Å². The highest BCUT2D eigenvalue weighted by molar-refractivity contribution is 8.00. The molecule has 146 valence electrons. The van der Waals surface area contributed by atoms with Gasteiger partial charge in [0.2, 0.25) is 0 Å². The van der Waals surface area contributed by atoms with Crippen molar-refractivity contribution in [3.8, 4) is 0 Å². The van der Waals surface area contributed by atoms with E-state index in [0.29, 0.717) is 11.7 Å². The predicted molar refractivity (Wildman–Crippen MR) is 119 cm³/mol. The number of carbonyl (C=O) groups is 1. The van der Waals surface area contributed by atoms with E-state index in [-0.39, 0.29) is 5.78 Å². The lowest BCUT2D eigenvalue weighted by atomic mass is 9.97. The fourth-order valence-corrected chi connectivity index (χ4v) is 6.56. The van der Waals surface area contributed by atoms with Crippen LogP contribution in [0.15, 0.2) is 35.5 Å². The van der Waals surface area contributed by atoms with Gasteiger partial charge in [-0.05, 0) is 50.2 Å². The molecule has 2 aliphatic rings. The Labute approximate surface area is 177 Å². The van der Waals surface area contributed by atoms with Gasteiger partial charge in [0, 0.05) is 38.8 Å². The Kier molecular flexibility index (Phi) is 4.24. The number of thiophene rings is 1. The number of aryl methyl sites for hydroxylation is 2. The van der Waals surface area contributed by atoms with E-state index in [9.17, 15) is 4.79 Å². The second-order valence-corrected chi connectivity index (χ2v) is 10.1. The summed E-state index contributed by atoms with van der Waals surface area (Å²) in [4.78, 5) is 28.7. The topological polar surface area (TPSA) is 58.6 Å². The van der Waals surface area contributed by atoms with Crippen molar-refractivity contribution in [1.29, 1.82) is 0 Å². The SMILES string of the molecule is O=C(CSc1nc(C2CC2)nc2sc3c(c12)CCCC3)c1c[nH]c2ccccc12. The Bertz CT molecular complexity index is 1250. The smallest absolute Gasteiger partial charge is 0.175 e. The molecule has 2 aliphatic carbocycles. The van der Waals surface area contributed by atoms with E-state index in [4.69, 9.17) is 9.97 Å². The number of para-hydroxylation sites is 1. The molecule has 4 aromatic rings. The Morgan fingerprint density at radius 3 is 2.93 bits per heavy atom. The van der Waals surface area contributed by atoms with Crippen LogP contribution in [0.4, 0.5) is 0 Å². The number of hydrogen-bond donors (Lipinski definition) is 1. The van der Waals surface area contributed by atoms with Gasteiger partial charge >= 0.3 is 0 Å². The molecule has 0 saturated heterocycles. The molecule has 1 aromatic carbocycles. The van der Waals surface area contributed by atoms with E-state index < -0.39 is 0 Å². The van der Waals surface area contributed by atoms with E-state index in [0.717, 1.165) is 45.0 Å². The highest BCUT2D eigenvalue weighted by Gasteiger charge is 2.29. The first kappa shape index (κ1) is 17.7. The molecule has 0 spiro atoms. The van der Waals surface area contributed by atoms with Gasteiger partial charge in [0.15, 0.2) is 5.78 Å². The van der Waals surface area contributed by atoms with Crippen molar-refractivity contribution in [2.75, 3.05) is 5.75 Å². The molecule has 6 heteroatoms. The first-order valence-electron chi connectivity index (χ1n) is 10.3. The number of carbonyl (C=O) groups excluding carboxylic acids is 1. The molecule has 1 fully saturated rings. The third kappa shape index (κ3) is 3.09. The van der Waals surface area contributed by atoms with Crippen LogP contribution in [0.5, 0.6) is 0 Å². The molecule has 3 aromatic heterocycles. The molecule has 0 bridgehead atoms. The predicted octanol–water partition coefficient (Wildman–Crippen LogP) is 5.90. The van der Waals surface area contributed by atoms with E-state index in [1.807, 2.05) is 41.8 Å². The maximum atomic E-state index is 13.0. The number of H-pyrrole nitrogens is 1. The number of hydrogen-bond acceptors (Lipinski definition) is 5. The van der Waals surface area contributed by atoms with Gasteiger partial charge in [0.1, 0.15) is 15.7 Å². The van der Waals surface area contributed by atoms with Gasteiger partial charge in [0.05, 0.1) is 5.75 Å². The Hall–Kier alpha value is -2.18. The standard InChI is InChI=1S/C23H21N3OS2/c27-18(16-11-24-17-7-3-1-5-14(16)17)12-28-22-20-15-6-2-4-8-19(15)29-23(20)26-21(25-22)13-9-10-13/h1,3,5,7,11,13,24H,2,4,6,8-10,12H2. The number of aromatic nitrogens is 3. The van der Waals surface area contributed by atoms with Gasteiger partial charge in [-0.2, -0.15) is 0 Å². The van der Waals surface area contributed by atoms with Gasteiger partial charge in [-0.3, -0.25) is 4.79 Å². The quantitative estimate of drug-likeness (QED) is 0.248. The van der Waals surface area contributed by atoms with E-state index in [2.05, 4.69) is 4.98 Å². The van der Waals surface area contributed by atoms with Crippen molar-refractivity contribution in [1.82, 2.24) is 15.0 Å². The third-order valence-corrected chi connectivity index (χ3v) is 8.13. The molecular formula is C23H21N3OS2. The molecular weight excluding hydrogens is 398 g/mol. The maximum absolute atomic E-state index is 13.0. The molecule has 4 nitrogen and oxygen atoms in total. The second-order valence-electron chi connectivity index (χ2n) is 8.01. The molecule has 0 aliphatic heterocycles. The summed E-state index contributed by atoms with van der Waals surface area (Å²) in [6.07, 6.45) is 9.00. The number of nitrogens with zero attached hydrogens (tertiary/aromatic N) is 2. The second kappa shape index (κ2) is 6.96. The molecule has 29 heavy (non-hydrogen) atoms. The molecule has 1 N–H and O–H groups in total. The number of aromatic amines is 1. The number of benzene rings is 1. The Balaban J connectivity index is 1.36. The minimum absolute atomic E-state index is 0.149. The number of fused-ring (bicyclic) bond motifs is 4. The van der Waals surface area contributed by atoms with Crippen LogP contribution in [0.2, 0.25) is 0 Å². The summed E-state index contributed by atoms with van der Waals surface area (Å²) < 4.78 is 0. The monoisotopic (exact) mass is 419 g/mol. The molecule has 0 radical (unpaired) electrons. The van der Waals surface area contributed by atoms with Crippen LogP contribution in [-0.2, 0) is 12.8 Å². The summed E-state index contributed by atoms with van der Waals surface area (Å²) in [5.74, 6) is 2.06. The first-order valence-corrected chi connectivity index (χ1v) is 12.1. The lowest BCUT2D eigenvalue weighted by Crippen LogP contribution is -2.04. The first-order chi connectivity index (χ1) is 14.3. The van der Waals surface area contributed by atoms with Crippen LogP contribution in [-0.4, -0.2) is 26.5 Å². The van der Waals surface area contributed by atoms with E-state index in [1.54, 1.807) is 11.8 Å². The minimum Gasteiger partial charge on any atom is -0.360 e. The van der Waals surface area contributed by atoms with Crippen molar-refractivity contribution in [3.63, 3.8) is 0 Å². The number of ketones is 1. The number of nitrogens with one attached hydrogen (secondary N) is 1. The highest BCUT2D eigenvalue weighted by Crippen LogP contribution is 2.44. The summed E-state index contributed by atoms with van der Waals surface area (Å²) in [7, 11) is 0. The summed E-state index contributed by atoms with van der Waals surface area (Å²) in [5, 5.41) is 3.24. The van der Waals surface area contributed by atoms with Gasteiger partial charge in [-0.25, -0.2) is 9.97 Å². The molecule has 1 saturated carbocycles. The lowest BCUT2D eigenvalue weighted by Gasteiger charge is -2.12. The highest BCUT2D eigenvalue weighted by atomic mass is 32.2. The largest absolute Gasteiger partial charge is 0.360 e. The van der Waals surface area contributed by atoms with Crippen LogP contribution in [0, 0.1) is 0 Å². The average Bonchev–Trinajstić information content (AvgIpc) is 3.40. The molecule has 3 heterocycles. The number of thioether (sulfide) groups is 1. The molecule has 0 atom stereocenters.